The van der Waals surface area contributed by atoms with Gasteiger partial charge in [-0.05, 0) is 23.6 Å². The zero-order valence-corrected chi connectivity index (χ0v) is 10.8. The van der Waals surface area contributed by atoms with E-state index in [4.69, 9.17) is 23.2 Å². The van der Waals surface area contributed by atoms with E-state index in [0.717, 1.165) is 12.0 Å². The second-order valence-electron chi connectivity index (χ2n) is 3.93. The number of hydrogen-bond acceptors (Lipinski definition) is 1. The van der Waals surface area contributed by atoms with Gasteiger partial charge in [-0.2, -0.15) is 0 Å². The fourth-order valence-electron chi connectivity index (χ4n) is 1.82. The first-order valence-electron chi connectivity index (χ1n) is 5.50. The maximum Gasteiger partial charge on any atom is 0.0621 e. The van der Waals surface area contributed by atoms with E-state index < -0.39 is 0 Å². The Labute approximate surface area is 111 Å². The molecule has 1 atom stereocenters. The van der Waals surface area contributed by atoms with Crippen molar-refractivity contribution in [3.05, 3.63) is 64.9 Å². The molecule has 0 saturated carbocycles. The van der Waals surface area contributed by atoms with Crippen molar-refractivity contribution in [2.45, 2.75) is 12.3 Å². The Balaban J connectivity index is 2.19. The molecule has 0 aliphatic rings. The van der Waals surface area contributed by atoms with Crippen LogP contribution in [0.3, 0.4) is 0 Å². The summed E-state index contributed by atoms with van der Waals surface area (Å²) in [5, 5.41) is 0.707. The molecular formula is C14H13Cl2N. The smallest absolute Gasteiger partial charge is 0.0621 e. The Kier molecular flexibility index (Phi) is 4.41. The summed E-state index contributed by atoms with van der Waals surface area (Å²) in [4.78, 5) is 3.99. The second kappa shape index (κ2) is 6.04. The SMILES string of the molecule is ClCC(Cc1ccncc1Cl)c1ccccc1. The van der Waals surface area contributed by atoms with Gasteiger partial charge in [0.05, 0.1) is 5.02 Å². The van der Waals surface area contributed by atoms with Crippen molar-refractivity contribution in [1.82, 2.24) is 4.98 Å². The number of pyridine rings is 1. The molecule has 17 heavy (non-hydrogen) atoms. The number of halogens is 2. The lowest BCUT2D eigenvalue weighted by molar-refractivity contribution is 0.765. The van der Waals surface area contributed by atoms with Gasteiger partial charge in [0.15, 0.2) is 0 Å². The molecule has 1 nitrogen and oxygen atoms in total. The van der Waals surface area contributed by atoms with Gasteiger partial charge in [0.25, 0.3) is 0 Å². The van der Waals surface area contributed by atoms with Gasteiger partial charge in [-0.25, -0.2) is 0 Å². The highest BCUT2D eigenvalue weighted by molar-refractivity contribution is 6.31. The maximum atomic E-state index is 6.11. The van der Waals surface area contributed by atoms with E-state index in [1.54, 1.807) is 12.4 Å². The molecule has 1 aromatic carbocycles. The minimum atomic E-state index is 0.290. The van der Waals surface area contributed by atoms with Crippen molar-refractivity contribution >= 4 is 23.2 Å². The van der Waals surface area contributed by atoms with E-state index >= 15 is 0 Å². The molecule has 1 aromatic heterocycles. The number of nitrogens with zero attached hydrogens (tertiary/aromatic N) is 1. The minimum Gasteiger partial charge on any atom is -0.263 e. The summed E-state index contributed by atoms with van der Waals surface area (Å²) in [7, 11) is 0. The van der Waals surface area contributed by atoms with Crippen LogP contribution in [-0.2, 0) is 6.42 Å². The fraction of sp³-hybridized carbons (Fsp3) is 0.214. The molecule has 0 radical (unpaired) electrons. The highest BCUT2D eigenvalue weighted by Gasteiger charge is 2.12. The van der Waals surface area contributed by atoms with E-state index in [1.165, 1.54) is 5.56 Å². The van der Waals surface area contributed by atoms with Crippen molar-refractivity contribution in [1.29, 1.82) is 0 Å². The summed E-state index contributed by atoms with van der Waals surface area (Å²) < 4.78 is 0. The van der Waals surface area contributed by atoms with Gasteiger partial charge in [0, 0.05) is 24.2 Å². The van der Waals surface area contributed by atoms with Crippen LogP contribution in [0.25, 0.3) is 0 Å². The Morgan fingerprint density at radius 3 is 2.53 bits per heavy atom. The van der Waals surface area contributed by atoms with Crippen molar-refractivity contribution in [2.24, 2.45) is 0 Å². The molecule has 0 amide bonds. The van der Waals surface area contributed by atoms with Crippen LogP contribution in [0.1, 0.15) is 17.0 Å². The summed E-state index contributed by atoms with van der Waals surface area (Å²) in [5.41, 5.74) is 2.34. The normalized spacial score (nSPS) is 12.4. The molecule has 2 aromatic rings. The van der Waals surface area contributed by atoms with Crippen LogP contribution < -0.4 is 0 Å². The van der Waals surface area contributed by atoms with Crippen molar-refractivity contribution < 1.29 is 0 Å². The van der Waals surface area contributed by atoms with Crippen LogP contribution in [0, 0.1) is 0 Å². The van der Waals surface area contributed by atoms with E-state index in [1.807, 2.05) is 24.3 Å². The minimum absolute atomic E-state index is 0.290. The number of hydrogen-bond donors (Lipinski definition) is 0. The highest BCUT2D eigenvalue weighted by atomic mass is 35.5. The van der Waals surface area contributed by atoms with Gasteiger partial charge < -0.3 is 0 Å². The summed E-state index contributed by atoms with van der Waals surface area (Å²) >= 11 is 12.2. The molecule has 1 unspecified atom stereocenters. The zero-order valence-electron chi connectivity index (χ0n) is 9.31. The first-order chi connectivity index (χ1) is 8.31. The number of alkyl halides is 1. The van der Waals surface area contributed by atoms with E-state index in [-0.39, 0.29) is 5.92 Å². The zero-order chi connectivity index (χ0) is 12.1. The van der Waals surface area contributed by atoms with Crippen molar-refractivity contribution in [3.63, 3.8) is 0 Å². The van der Waals surface area contributed by atoms with Crippen LogP contribution in [0.4, 0.5) is 0 Å². The van der Waals surface area contributed by atoms with Crippen LogP contribution in [0.5, 0.6) is 0 Å². The van der Waals surface area contributed by atoms with E-state index in [9.17, 15) is 0 Å². The number of rotatable bonds is 4. The predicted octanol–water partition coefficient (Wildman–Crippen LogP) is 4.30. The van der Waals surface area contributed by atoms with Crippen LogP contribution in [0.2, 0.25) is 5.02 Å². The molecule has 0 N–H and O–H groups in total. The standard InChI is InChI=1S/C14H13Cl2N/c15-9-13(11-4-2-1-3-5-11)8-12-6-7-17-10-14(12)16/h1-7,10,13H,8-9H2. The molecule has 0 bridgehead atoms. The number of aromatic nitrogens is 1. The Bertz CT molecular complexity index is 471. The molecule has 88 valence electrons. The summed E-state index contributed by atoms with van der Waals surface area (Å²) in [6, 6.07) is 12.2. The van der Waals surface area contributed by atoms with Gasteiger partial charge in [-0.15, -0.1) is 11.6 Å². The molecule has 0 spiro atoms. The molecule has 2 rings (SSSR count). The van der Waals surface area contributed by atoms with Crippen molar-refractivity contribution in [2.75, 3.05) is 5.88 Å². The van der Waals surface area contributed by atoms with Gasteiger partial charge in [-0.3, -0.25) is 4.98 Å². The quantitative estimate of drug-likeness (QED) is 0.752. The van der Waals surface area contributed by atoms with Crippen LogP contribution in [-0.4, -0.2) is 10.9 Å². The van der Waals surface area contributed by atoms with Crippen LogP contribution in [0.15, 0.2) is 48.8 Å². The molecule has 3 heteroatoms. The molecule has 0 aliphatic carbocycles. The Hall–Kier alpha value is -1.05. The summed E-state index contributed by atoms with van der Waals surface area (Å²) in [5.74, 6) is 0.876. The monoisotopic (exact) mass is 265 g/mol. The first kappa shape index (κ1) is 12.4. The maximum absolute atomic E-state index is 6.11. The van der Waals surface area contributed by atoms with Crippen molar-refractivity contribution in [3.8, 4) is 0 Å². The third-order valence-corrected chi connectivity index (χ3v) is 3.49. The molecular weight excluding hydrogens is 253 g/mol. The third kappa shape index (κ3) is 3.21. The van der Waals surface area contributed by atoms with Gasteiger partial charge >= 0.3 is 0 Å². The van der Waals surface area contributed by atoms with E-state index in [2.05, 4.69) is 17.1 Å². The fourth-order valence-corrected chi connectivity index (χ4v) is 2.31. The first-order valence-corrected chi connectivity index (χ1v) is 6.42. The lowest BCUT2D eigenvalue weighted by Crippen LogP contribution is -2.05. The molecule has 0 saturated heterocycles. The topological polar surface area (TPSA) is 12.9 Å². The second-order valence-corrected chi connectivity index (χ2v) is 4.65. The third-order valence-electron chi connectivity index (χ3n) is 2.78. The average molecular weight is 266 g/mol. The Morgan fingerprint density at radius 1 is 1.12 bits per heavy atom. The van der Waals surface area contributed by atoms with Crippen LogP contribution >= 0.6 is 23.2 Å². The molecule has 0 aliphatic heterocycles. The lowest BCUT2D eigenvalue weighted by Gasteiger charge is -2.15. The number of benzene rings is 1. The van der Waals surface area contributed by atoms with Gasteiger partial charge in [-0.1, -0.05) is 41.9 Å². The lowest BCUT2D eigenvalue weighted by atomic mass is 9.94. The van der Waals surface area contributed by atoms with Gasteiger partial charge in [0.1, 0.15) is 0 Å². The molecule has 0 fully saturated rings. The summed E-state index contributed by atoms with van der Waals surface area (Å²) in [6.07, 6.45) is 4.28. The summed E-state index contributed by atoms with van der Waals surface area (Å²) in [6.45, 7) is 0. The molecule has 1 heterocycles. The van der Waals surface area contributed by atoms with E-state index in [0.29, 0.717) is 10.9 Å². The Morgan fingerprint density at radius 2 is 1.88 bits per heavy atom. The predicted molar refractivity (Wildman–Crippen MR) is 72.9 cm³/mol. The average Bonchev–Trinajstić information content (AvgIpc) is 2.39. The highest BCUT2D eigenvalue weighted by Crippen LogP contribution is 2.25. The van der Waals surface area contributed by atoms with Gasteiger partial charge in [0.2, 0.25) is 0 Å². The largest absolute Gasteiger partial charge is 0.263 e.